The average Bonchev–Trinajstić information content (AvgIpc) is 2.39. The first-order valence-electron chi connectivity index (χ1n) is 6.13. The van der Waals surface area contributed by atoms with Gasteiger partial charge in [-0.15, -0.1) is 0 Å². The summed E-state index contributed by atoms with van der Waals surface area (Å²) in [6, 6.07) is 13.4. The minimum absolute atomic E-state index is 0.341. The van der Waals surface area contributed by atoms with Gasteiger partial charge in [-0.3, -0.25) is 0 Å². The monoisotopic (exact) mass is 227 g/mol. The van der Waals surface area contributed by atoms with E-state index in [1.165, 1.54) is 21.9 Å². The van der Waals surface area contributed by atoms with E-state index in [-0.39, 0.29) is 0 Å². The van der Waals surface area contributed by atoms with Gasteiger partial charge in [-0.05, 0) is 34.9 Å². The molecule has 0 bridgehead atoms. The molecule has 1 aliphatic heterocycles. The van der Waals surface area contributed by atoms with Gasteiger partial charge in [0.05, 0.1) is 12.6 Å². The minimum atomic E-state index is 0.341. The molecule has 1 aliphatic rings. The predicted molar refractivity (Wildman–Crippen MR) is 70.3 cm³/mol. The molecular formula is C15H17NO. The van der Waals surface area contributed by atoms with Crippen molar-refractivity contribution in [3.05, 3.63) is 47.5 Å². The zero-order chi connectivity index (χ0) is 11.7. The third-order valence-corrected chi connectivity index (χ3v) is 3.55. The van der Waals surface area contributed by atoms with E-state index in [1.54, 1.807) is 7.11 Å². The molecule has 17 heavy (non-hydrogen) atoms. The Kier molecular flexibility index (Phi) is 2.83. The SMILES string of the molecule is COCC1NCCc2c1ccc1ccccc21. The van der Waals surface area contributed by atoms with Gasteiger partial charge in [-0.1, -0.05) is 36.4 Å². The molecule has 1 atom stereocenters. The van der Waals surface area contributed by atoms with E-state index in [0.29, 0.717) is 6.04 Å². The first-order chi connectivity index (χ1) is 8.40. The molecule has 0 aliphatic carbocycles. The van der Waals surface area contributed by atoms with Gasteiger partial charge in [-0.25, -0.2) is 0 Å². The van der Waals surface area contributed by atoms with E-state index in [2.05, 4.69) is 41.7 Å². The van der Waals surface area contributed by atoms with Crippen LogP contribution >= 0.6 is 0 Å². The molecule has 0 aromatic heterocycles. The molecule has 0 amide bonds. The van der Waals surface area contributed by atoms with Crippen LogP contribution in [0, 0.1) is 0 Å². The predicted octanol–water partition coefficient (Wildman–Crippen LogP) is 2.67. The fourth-order valence-electron chi connectivity index (χ4n) is 2.76. The number of ether oxygens (including phenoxy) is 1. The van der Waals surface area contributed by atoms with Gasteiger partial charge < -0.3 is 10.1 Å². The molecule has 1 unspecified atom stereocenters. The quantitative estimate of drug-likeness (QED) is 0.851. The number of hydrogen-bond donors (Lipinski definition) is 1. The van der Waals surface area contributed by atoms with E-state index in [0.717, 1.165) is 19.6 Å². The molecule has 1 N–H and O–H groups in total. The number of methoxy groups -OCH3 is 1. The van der Waals surface area contributed by atoms with E-state index in [9.17, 15) is 0 Å². The number of benzene rings is 2. The van der Waals surface area contributed by atoms with Crippen molar-refractivity contribution >= 4 is 10.8 Å². The number of fused-ring (bicyclic) bond motifs is 3. The van der Waals surface area contributed by atoms with E-state index >= 15 is 0 Å². The van der Waals surface area contributed by atoms with Crippen molar-refractivity contribution < 1.29 is 4.74 Å². The normalized spacial score (nSPS) is 19.2. The number of nitrogens with one attached hydrogen (secondary N) is 1. The van der Waals surface area contributed by atoms with Gasteiger partial charge >= 0.3 is 0 Å². The summed E-state index contributed by atoms with van der Waals surface area (Å²) in [6.45, 7) is 1.78. The van der Waals surface area contributed by atoms with E-state index in [1.807, 2.05) is 0 Å². The number of rotatable bonds is 2. The van der Waals surface area contributed by atoms with Crippen molar-refractivity contribution in [3.8, 4) is 0 Å². The van der Waals surface area contributed by atoms with Crippen LogP contribution in [0.15, 0.2) is 36.4 Å². The topological polar surface area (TPSA) is 21.3 Å². The summed E-state index contributed by atoms with van der Waals surface area (Å²) in [5.41, 5.74) is 2.89. The molecule has 2 heteroatoms. The van der Waals surface area contributed by atoms with Crippen molar-refractivity contribution in [1.82, 2.24) is 5.32 Å². The second-order valence-electron chi connectivity index (χ2n) is 4.57. The van der Waals surface area contributed by atoms with Crippen molar-refractivity contribution in [2.45, 2.75) is 12.5 Å². The molecule has 2 nitrogen and oxygen atoms in total. The molecule has 0 spiro atoms. The standard InChI is InChI=1S/C15H17NO/c1-17-10-15-14-7-6-11-4-2-3-5-12(11)13(14)8-9-16-15/h2-7,15-16H,8-10H2,1H3. The van der Waals surface area contributed by atoms with Crippen LogP contribution in [0.1, 0.15) is 17.2 Å². The van der Waals surface area contributed by atoms with Crippen LogP contribution in [0.5, 0.6) is 0 Å². The first-order valence-corrected chi connectivity index (χ1v) is 6.13. The summed E-state index contributed by atoms with van der Waals surface area (Å²) in [5.74, 6) is 0. The van der Waals surface area contributed by atoms with Gasteiger partial charge in [0.2, 0.25) is 0 Å². The van der Waals surface area contributed by atoms with Gasteiger partial charge in [0, 0.05) is 7.11 Å². The summed E-state index contributed by atoms with van der Waals surface area (Å²) in [7, 11) is 1.76. The molecule has 1 heterocycles. The van der Waals surface area contributed by atoms with Crippen LogP contribution in [-0.4, -0.2) is 20.3 Å². The highest BCUT2D eigenvalue weighted by Crippen LogP contribution is 2.29. The molecule has 88 valence electrons. The zero-order valence-corrected chi connectivity index (χ0v) is 10.1. The van der Waals surface area contributed by atoms with Crippen molar-refractivity contribution in [3.63, 3.8) is 0 Å². The second kappa shape index (κ2) is 4.47. The van der Waals surface area contributed by atoms with Gasteiger partial charge in [0.1, 0.15) is 0 Å². The Morgan fingerprint density at radius 2 is 2.12 bits per heavy atom. The average molecular weight is 227 g/mol. The Hall–Kier alpha value is -1.38. The minimum Gasteiger partial charge on any atom is -0.383 e. The van der Waals surface area contributed by atoms with E-state index in [4.69, 9.17) is 4.74 Å². The molecule has 0 saturated carbocycles. The lowest BCUT2D eigenvalue weighted by molar-refractivity contribution is 0.164. The van der Waals surface area contributed by atoms with Crippen LogP contribution in [-0.2, 0) is 11.2 Å². The van der Waals surface area contributed by atoms with Crippen LogP contribution in [0.2, 0.25) is 0 Å². The maximum Gasteiger partial charge on any atom is 0.0657 e. The summed E-state index contributed by atoms with van der Waals surface area (Å²) in [6.07, 6.45) is 1.11. The molecule has 0 fully saturated rings. The highest BCUT2D eigenvalue weighted by atomic mass is 16.5. The molecule has 2 aromatic carbocycles. The third kappa shape index (κ3) is 1.84. The molecule has 0 radical (unpaired) electrons. The van der Waals surface area contributed by atoms with Crippen molar-refractivity contribution in [2.24, 2.45) is 0 Å². The van der Waals surface area contributed by atoms with Gasteiger partial charge in [0.15, 0.2) is 0 Å². The van der Waals surface area contributed by atoms with Crippen LogP contribution < -0.4 is 5.32 Å². The Morgan fingerprint density at radius 1 is 1.24 bits per heavy atom. The third-order valence-electron chi connectivity index (χ3n) is 3.55. The smallest absolute Gasteiger partial charge is 0.0657 e. The van der Waals surface area contributed by atoms with Crippen LogP contribution in [0.3, 0.4) is 0 Å². The summed E-state index contributed by atoms with van der Waals surface area (Å²) < 4.78 is 5.29. The highest BCUT2D eigenvalue weighted by Gasteiger charge is 2.20. The Labute approximate surface area is 102 Å². The molecular weight excluding hydrogens is 210 g/mol. The largest absolute Gasteiger partial charge is 0.383 e. The summed E-state index contributed by atoms with van der Waals surface area (Å²) in [5, 5.41) is 6.25. The maximum atomic E-state index is 5.29. The first kappa shape index (κ1) is 10.8. The Balaban J connectivity index is 2.16. The molecule has 3 rings (SSSR count). The van der Waals surface area contributed by atoms with Crippen molar-refractivity contribution in [2.75, 3.05) is 20.3 Å². The fraction of sp³-hybridized carbons (Fsp3) is 0.333. The van der Waals surface area contributed by atoms with Crippen LogP contribution in [0.4, 0.5) is 0 Å². The molecule has 0 saturated heterocycles. The summed E-state index contributed by atoms with van der Waals surface area (Å²) >= 11 is 0. The Morgan fingerprint density at radius 3 is 3.00 bits per heavy atom. The van der Waals surface area contributed by atoms with Gasteiger partial charge in [0.25, 0.3) is 0 Å². The lowest BCUT2D eigenvalue weighted by atomic mass is 9.90. The highest BCUT2D eigenvalue weighted by molar-refractivity contribution is 5.87. The lowest BCUT2D eigenvalue weighted by Gasteiger charge is -2.27. The van der Waals surface area contributed by atoms with Crippen LogP contribution in [0.25, 0.3) is 10.8 Å². The molecule has 2 aromatic rings. The maximum absolute atomic E-state index is 5.29. The zero-order valence-electron chi connectivity index (χ0n) is 10.1. The Bertz CT molecular complexity index is 535. The van der Waals surface area contributed by atoms with Crippen molar-refractivity contribution in [1.29, 1.82) is 0 Å². The van der Waals surface area contributed by atoms with E-state index < -0.39 is 0 Å². The number of hydrogen-bond acceptors (Lipinski definition) is 2. The second-order valence-corrected chi connectivity index (χ2v) is 4.57. The van der Waals surface area contributed by atoms with Gasteiger partial charge in [-0.2, -0.15) is 0 Å². The summed E-state index contributed by atoms with van der Waals surface area (Å²) in [4.78, 5) is 0. The lowest BCUT2D eigenvalue weighted by Crippen LogP contribution is -2.32. The fourth-order valence-corrected chi connectivity index (χ4v) is 2.76.